The highest BCUT2D eigenvalue weighted by molar-refractivity contribution is 5.77. The normalized spacial score (nSPS) is 11.5. The van der Waals surface area contributed by atoms with E-state index >= 15 is 0 Å². The monoisotopic (exact) mass is 326 g/mol. The van der Waals surface area contributed by atoms with Crippen LogP contribution >= 0.6 is 0 Å². The Morgan fingerprint density at radius 1 is 1.00 bits per heavy atom. The molecule has 1 amide bonds. The molecule has 2 N–H and O–H groups in total. The van der Waals surface area contributed by atoms with E-state index in [1.54, 1.807) is 0 Å². The molecule has 0 spiro atoms. The van der Waals surface area contributed by atoms with Crippen LogP contribution in [0.2, 0.25) is 0 Å². The van der Waals surface area contributed by atoms with Crippen molar-refractivity contribution in [2.45, 2.75) is 71.1 Å². The number of unbranched alkanes of at least 4 members (excludes halogenated alkanes) is 7. The fourth-order valence-electron chi connectivity index (χ4n) is 2.40. The minimum Gasteiger partial charge on any atom is -0.396 e. The summed E-state index contributed by atoms with van der Waals surface area (Å²) >= 11 is 0. The second kappa shape index (κ2) is 17.5. The van der Waals surface area contributed by atoms with Gasteiger partial charge in [-0.25, -0.2) is 0 Å². The molecule has 0 aromatic rings. The lowest BCUT2D eigenvalue weighted by Gasteiger charge is -2.16. The summed E-state index contributed by atoms with van der Waals surface area (Å²) in [4.78, 5) is 13.9. The van der Waals surface area contributed by atoms with Gasteiger partial charge in [-0.15, -0.1) is 0 Å². The first kappa shape index (κ1) is 22.1. The molecule has 0 rings (SSSR count). The lowest BCUT2D eigenvalue weighted by atomic mass is 10.1. The smallest absolute Gasteiger partial charge is 0.223 e. The molecule has 136 valence electrons. The van der Waals surface area contributed by atoms with Gasteiger partial charge >= 0.3 is 0 Å². The Hall–Kier alpha value is -0.870. The highest BCUT2D eigenvalue weighted by Crippen LogP contribution is 2.05. The van der Waals surface area contributed by atoms with Gasteiger partial charge < -0.3 is 15.3 Å². The van der Waals surface area contributed by atoms with Crippen LogP contribution in [0.5, 0.6) is 0 Å². The van der Waals surface area contributed by atoms with Crippen molar-refractivity contribution in [2.75, 3.05) is 33.3 Å². The summed E-state index contributed by atoms with van der Waals surface area (Å²) in [6, 6.07) is 0. The van der Waals surface area contributed by atoms with Gasteiger partial charge in [-0.3, -0.25) is 4.79 Å². The average molecular weight is 327 g/mol. The van der Waals surface area contributed by atoms with Crippen molar-refractivity contribution in [1.82, 2.24) is 10.2 Å². The molecule has 0 atom stereocenters. The standard InChI is InChI=1S/C19H38N2O2/c1-3-4-5-8-11-14-19(23)20-15-17-21(2)16-12-9-6-7-10-13-18-22/h8,11,22H,3-7,9-10,12-18H2,1-2H3,(H,20,23)/b11-8+. The van der Waals surface area contributed by atoms with Gasteiger partial charge in [-0.1, -0.05) is 57.6 Å². The first-order valence-corrected chi connectivity index (χ1v) is 9.41. The predicted octanol–water partition coefficient (Wildman–Crippen LogP) is 3.50. The molecule has 0 aromatic heterocycles. The number of aliphatic hydroxyl groups is 1. The van der Waals surface area contributed by atoms with E-state index in [1.807, 2.05) is 6.08 Å². The Balaban J connectivity index is 3.39. The van der Waals surface area contributed by atoms with E-state index in [1.165, 1.54) is 38.5 Å². The molecule has 0 saturated heterocycles. The largest absolute Gasteiger partial charge is 0.396 e. The number of amides is 1. The Kier molecular flexibility index (Phi) is 16.8. The maximum Gasteiger partial charge on any atom is 0.223 e. The number of nitrogens with one attached hydrogen (secondary N) is 1. The minimum absolute atomic E-state index is 0.120. The summed E-state index contributed by atoms with van der Waals surface area (Å²) < 4.78 is 0. The summed E-state index contributed by atoms with van der Waals surface area (Å²) in [5.41, 5.74) is 0. The van der Waals surface area contributed by atoms with Gasteiger partial charge in [0.2, 0.25) is 5.91 Å². The zero-order valence-corrected chi connectivity index (χ0v) is 15.4. The van der Waals surface area contributed by atoms with Crippen molar-refractivity contribution in [2.24, 2.45) is 0 Å². The minimum atomic E-state index is 0.120. The summed E-state index contributed by atoms with van der Waals surface area (Å²) in [5.74, 6) is 0.120. The molecular weight excluding hydrogens is 288 g/mol. The highest BCUT2D eigenvalue weighted by Gasteiger charge is 2.01. The van der Waals surface area contributed by atoms with Crippen LogP contribution in [0.15, 0.2) is 12.2 Å². The Labute approximate surface area is 143 Å². The van der Waals surface area contributed by atoms with E-state index < -0.39 is 0 Å². The van der Waals surface area contributed by atoms with Gasteiger partial charge in [-0.05, 0) is 32.9 Å². The third kappa shape index (κ3) is 17.3. The molecule has 0 radical (unpaired) electrons. The molecule has 0 unspecified atom stereocenters. The van der Waals surface area contributed by atoms with E-state index in [4.69, 9.17) is 5.11 Å². The van der Waals surface area contributed by atoms with Crippen LogP contribution in [0.3, 0.4) is 0 Å². The number of nitrogens with zero attached hydrogens (tertiary/aromatic N) is 1. The number of carbonyl (C=O) groups is 1. The molecule has 0 aliphatic rings. The van der Waals surface area contributed by atoms with Crippen LogP contribution in [-0.2, 0) is 4.79 Å². The first-order chi connectivity index (χ1) is 11.2. The Morgan fingerprint density at radius 2 is 1.70 bits per heavy atom. The van der Waals surface area contributed by atoms with E-state index in [-0.39, 0.29) is 5.91 Å². The average Bonchev–Trinajstić information content (AvgIpc) is 2.54. The number of rotatable bonds is 16. The van der Waals surface area contributed by atoms with Crippen molar-refractivity contribution in [3.8, 4) is 0 Å². The molecule has 0 aliphatic carbocycles. The summed E-state index contributed by atoms with van der Waals surface area (Å²) in [7, 11) is 2.11. The molecule has 23 heavy (non-hydrogen) atoms. The van der Waals surface area contributed by atoms with Crippen molar-refractivity contribution >= 4 is 5.91 Å². The van der Waals surface area contributed by atoms with Gasteiger partial charge in [-0.2, -0.15) is 0 Å². The maximum absolute atomic E-state index is 11.6. The van der Waals surface area contributed by atoms with E-state index in [9.17, 15) is 4.79 Å². The number of aliphatic hydroxyl groups excluding tert-OH is 1. The zero-order valence-electron chi connectivity index (χ0n) is 15.4. The van der Waals surface area contributed by atoms with Crippen LogP contribution in [0, 0.1) is 0 Å². The van der Waals surface area contributed by atoms with Crippen molar-refractivity contribution in [1.29, 1.82) is 0 Å². The third-order valence-corrected chi connectivity index (χ3v) is 3.96. The van der Waals surface area contributed by atoms with Gasteiger partial charge in [0.1, 0.15) is 0 Å². The molecule has 0 aromatic carbocycles. The van der Waals surface area contributed by atoms with Crippen molar-refractivity contribution in [3.63, 3.8) is 0 Å². The quantitative estimate of drug-likeness (QED) is 0.337. The third-order valence-electron chi connectivity index (χ3n) is 3.96. The van der Waals surface area contributed by atoms with Crippen molar-refractivity contribution < 1.29 is 9.90 Å². The molecular formula is C19H38N2O2. The Morgan fingerprint density at radius 3 is 2.39 bits per heavy atom. The van der Waals surface area contributed by atoms with Gasteiger partial charge in [0, 0.05) is 26.1 Å². The topological polar surface area (TPSA) is 52.6 Å². The second-order valence-electron chi connectivity index (χ2n) is 6.32. The van der Waals surface area contributed by atoms with E-state index in [2.05, 4.69) is 30.3 Å². The predicted molar refractivity (Wildman–Crippen MR) is 98.6 cm³/mol. The fraction of sp³-hybridized carbons (Fsp3) is 0.842. The number of carbonyl (C=O) groups excluding carboxylic acids is 1. The van der Waals surface area contributed by atoms with Crippen LogP contribution in [0.4, 0.5) is 0 Å². The van der Waals surface area contributed by atoms with Crippen LogP contribution in [-0.4, -0.2) is 49.2 Å². The van der Waals surface area contributed by atoms with Gasteiger partial charge in [0.15, 0.2) is 0 Å². The molecule has 0 bridgehead atoms. The zero-order chi connectivity index (χ0) is 17.2. The Bertz CT molecular complexity index is 293. The number of likely N-dealkylation sites (N-methyl/N-ethyl adjacent to an activating group) is 1. The van der Waals surface area contributed by atoms with E-state index in [0.29, 0.717) is 13.0 Å². The molecule has 0 fully saturated rings. The lowest BCUT2D eigenvalue weighted by molar-refractivity contribution is -0.120. The van der Waals surface area contributed by atoms with Crippen LogP contribution in [0.25, 0.3) is 0 Å². The number of hydrogen-bond acceptors (Lipinski definition) is 3. The first-order valence-electron chi connectivity index (χ1n) is 9.41. The van der Waals surface area contributed by atoms with Crippen LogP contribution < -0.4 is 5.32 Å². The molecule has 0 saturated carbocycles. The summed E-state index contributed by atoms with van der Waals surface area (Å²) in [5, 5.41) is 11.7. The molecule has 0 heterocycles. The van der Waals surface area contributed by atoms with Crippen LogP contribution in [0.1, 0.15) is 71.1 Å². The van der Waals surface area contributed by atoms with Crippen molar-refractivity contribution in [3.05, 3.63) is 12.2 Å². The van der Waals surface area contributed by atoms with E-state index in [0.717, 1.165) is 38.9 Å². The van der Waals surface area contributed by atoms with Gasteiger partial charge in [0.25, 0.3) is 0 Å². The lowest BCUT2D eigenvalue weighted by Crippen LogP contribution is -2.33. The van der Waals surface area contributed by atoms with Gasteiger partial charge in [0.05, 0.1) is 0 Å². The summed E-state index contributed by atoms with van der Waals surface area (Å²) in [6.45, 7) is 5.23. The number of allylic oxidation sites excluding steroid dienone is 1. The summed E-state index contributed by atoms with van der Waals surface area (Å²) in [6.07, 6.45) is 15.1. The number of hydrogen-bond donors (Lipinski definition) is 2. The molecule has 4 nitrogen and oxygen atoms in total. The maximum atomic E-state index is 11.6. The SMILES string of the molecule is CCCC/C=C/CC(=O)NCCN(C)CCCCCCCCO. The highest BCUT2D eigenvalue weighted by atomic mass is 16.2. The second-order valence-corrected chi connectivity index (χ2v) is 6.32. The molecule has 0 aliphatic heterocycles. The molecule has 4 heteroatoms. The fourth-order valence-corrected chi connectivity index (χ4v) is 2.40.